The van der Waals surface area contributed by atoms with Gasteiger partial charge < -0.3 is 10.3 Å². The summed E-state index contributed by atoms with van der Waals surface area (Å²) in [7, 11) is -4.59. The fourth-order valence-corrected chi connectivity index (χ4v) is 1.77. The molecule has 0 aliphatic heterocycles. The van der Waals surface area contributed by atoms with Crippen molar-refractivity contribution in [3.05, 3.63) is 22.2 Å². The van der Waals surface area contributed by atoms with E-state index in [0.29, 0.717) is 0 Å². The first-order chi connectivity index (χ1) is 5.82. The monoisotopic (exact) mass is 263 g/mol. The zero-order valence-corrected chi connectivity index (χ0v) is 11.4. The van der Waals surface area contributed by atoms with Crippen molar-refractivity contribution in [3.8, 4) is 0 Å². The molecule has 0 aliphatic carbocycles. The van der Waals surface area contributed by atoms with Gasteiger partial charge in [0.25, 0.3) is 0 Å². The number of hydrogen-bond donors (Lipinski definition) is 1. The van der Waals surface area contributed by atoms with Crippen LogP contribution in [0, 0.1) is 0 Å². The summed E-state index contributed by atoms with van der Waals surface area (Å²) in [6.07, 6.45) is 0. The Morgan fingerprint density at radius 3 is 2.07 bits per heavy atom. The Balaban J connectivity index is 0.00000169. The van der Waals surface area contributed by atoms with Crippen LogP contribution in [0.3, 0.4) is 0 Å². The van der Waals surface area contributed by atoms with Crippen molar-refractivity contribution >= 4 is 39.0 Å². The minimum Gasteiger partial charge on any atom is -0.744 e. The minimum atomic E-state index is -4.59. The predicted molar refractivity (Wildman–Crippen MR) is 48.8 cm³/mol. The van der Waals surface area contributed by atoms with Crippen LogP contribution in [0.1, 0.15) is 0 Å². The second-order valence-corrected chi connectivity index (χ2v) is 4.42. The third-order valence-electron chi connectivity index (χ3n) is 1.32. The van der Waals surface area contributed by atoms with Crippen LogP contribution in [0.15, 0.2) is 17.0 Å². The van der Waals surface area contributed by atoms with Crippen molar-refractivity contribution in [2.24, 2.45) is 0 Å². The number of nitrogens with two attached hydrogens (primary N) is 1. The van der Waals surface area contributed by atoms with Crippen molar-refractivity contribution in [2.75, 3.05) is 5.73 Å². The van der Waals surface area contributed by atoms with Crippen LogP contribution in [0.5, 0.6) is 0 Å². The molecule has 1 rings (SSSR count). The van der Waals surface area contributed by atoms with Gasteiger partial charge in [-0.2, -0.15) is 0 Å². The summed E-state index contributed by atoms with van der Waals surface area (Å²) < 4.78 is 31.7. The number of benzene rings is 1. The van der Waals surface area contributed by atoms with Gasteiger partial charge >= 0.3 is 29.6 Å². The van der Waals surface area contributed by atoms with Gasteiger partial charge in [-0.15, -0.1) is 0 Å². The molecule has 0 heterocycles. The summed E-state index contributed by atoms with van der Waals surface area (Å²) in [6.45, 7) is 0. The van der Waals surface area contributed by atoms with E-state index in [9.17, 15) is 13.0 Å². The average molecular weight is 264 g/mol. The molecule has 0 aromatic heterocycles. The first kappa shape index (κ1) is 14.5. The molecule has 14 heavy (non-hydrogen) atoms. The van der Waals surface area contributed by atoms with Gasteiger partial charge in [-0.05, 0) is 12.1 Å². The van der Waals surface area contributed by atoms with Crippen LogP contribution in [-0.2, 0) is 10.1 Å². The summed E-state index contributed by atoms with van der Waals surface area (Å²) in [6, 6.07) is 2.05. The second-order valence-electron chi connectivity index (χ2n) is 2.26. The molecule has 0 bridgehead atoms. The summed E-state index contributed by atoms with van der Waals surface area (Å²) in [5.74, 6) is 0. The van der Waals surface area contributed by atoms with E-state index in [2.05, 4.69) is 0 Å². The first-order valence-corrected chi connectivity index (χ1v) is 5.19. The molecule has 0 amide bonds. The molecule has 0 atom stereocenters. The summed E-state index contributed by atoms with van der Waals surface area (Å²) >= 11 is 11.0. The molecule has 0 aliphatic rings. The molecule has 2 N–H and O–H groups in total. The largest absolute Gasteiger partial charge is 1.00 e. The Morgan fingerprint density at radius 2 is 1.64 bits per heavy atom. The molecule has 0 saturated heterocycles. The molecule has 1 aromatic rings. The minimum absolute atomic E-state index is 0. The fourth-order valence-electron chi connectivity index (χ4n) is 0.760. The van der Waals surface area contributed by atoms with E-state index in [1.807, 2.05) is 0 Å². The van der Waals surface area contributed by atoms with E-state index in [1.165, 1.54) is 0 Å². The number of anilines is 1. The van der Waals surface area contributed by atoms with Crippen molar-refractivity contribution in [2.45, 2.75) is 4.90 Å². The van der Waals surface area contributed by atoms with Crippen molar-refractivity contribution in [1.82, 2.24) is 0 Å². The fraction of sp³-hybridized carbons (Fsp3) is 0. The maximum Gasteiger partial charge on any atom is 1.00 e. The van der Waals surface area contributed by atoms with Crippen molar-refractivity contribution in [3.63, 3.8) is 0 Å². The maximum atomic E-state index is 10.6. The molecule has 72 valence electrons. The normalized spacial score (nSPS) is 10.8. The van der Waals surface area contributed by atoms with Crippen LogP contribution < -0.4 is 35.3 Å². The average Bonchev–Trinajstić information content (AvgIpc) is 1.94. The van der Waals surface area contributed by atoms with Gasteiger partial charge in [0.2, 0.25) is 0 Å². The number of hydrogen-bond acceptors (Lipinski definition) is 4. The van der Waals surface area contributed by atoms with E-state index in [-0.39, 0.29) is 45.3 Å². The number of rotatable bonds is 1. The quantitative estimate of drug-likeness (QED) is 0.379. The van der Waals surface area contributed by atoms with Crippen molar-refractivity contribution in [1.29, 1.82) is 0 Å². The summed E-state index contributed by atoms with van der Waals surface area (Å²) in [5.41, 5.74) is 5.05. The van der Waals surface area contributed by atoms with Crippen molar-refractivity contribution < 1.29 is 42.5 Å². The second kappa shape index (κ2) is 5.03. The van der Waals surface area contributed by atoms with Gasteiger partial charge in [-0.25, -0.2) is 8.42 Å². The summed E-state index contributed by atoms with van der Waals surface area (Å²) in [5, 5.41) is 0.0804. The summed E-state index contributed by atoms with van der Waals surface area (Å²) in [4.78, 5) is -0.554. The Hall–Kier alpha value is 0.510. The van der Waals surface area contributed by atoms with E-state index >= 15 is 0 Å². The van der Waals surface area contributed by atoms with E-state index in [1.54, 1.807) is 0 Å². The Kier molecular flexibility index (Phi) is 5.21. The molecule has 0 spiro atoms. The smallest absolute Gasteiger partial charge is 0.744 e. The van der Waals surface area contributed by atoms with Gasteiger partial charge in [0, 0.05) is 0 Å². The van der Waals surface area contributed by atoms with Gasteiger partial charge in [0.1, 0.15) is 10.1 Å². The van der Waals surface area contributed by atoms with E-state index < -0.39 is 15.0 Å². The molecule has 0 unspecified atom stereocenters. The Labute approximate surface area is 113 Å². The van der Waals surface area contributed by atoms with Gasteiger partial charge in [-0.3, -0.25) is 0 Å². The molecular weight excluding hydrogens is 260 g/mol. The van der Waals surface area contributed by atoms with Gasteiger partial charge in [0.05, 0.1) is 20.6 Å². The predicted octanol–water partition coefficient (Wildman–Crippen LogP) is -1.52. The van der Waals surface area contributed by atoms with Crippen LogP contribution in [0.25, 0.3) is 0 Å². The molecule has 0 fully saturated rings. The number of halogens is 2. The zero-order valence-electron chi connectivity index (χ0n) is 7.12. The molecule has 0 saturated carbocycles. The topological polar surface area (TPSA) is 83.2 Å². The van der Waals surface area contributed by atoms with E-state index in [0.717, 1.165) is 12.1 Å². The van der Waals surface area contributed by atoms with E-state index in [4.69, 9.17) is 28.9 Å². The van der Waals surface area contributed by atoms with Gasteiger partial charge in [0.15, 0.2) is 0 Å². The van der Waals surface area contributed by atoms with Crippen LogP contribution in [0.4, 0.5) is 5.69 Å². The molecule has 1 aromatic carbocycles. The molecular formula is C6H4Cl2NNaO3S. The van der Waals surface area contributed by atoms with Crippen LogP contribution >= 0.6 is 23.2 Å². The van der Waals surface area contributed by atoms with Crippen LogP contribution in [0.2, 0.25) is 10.0 Å². The third kappa shape index (κ3) is 3.27. The third-order valence-corrected chi connectivity index (χ3v) is 2.94. The first-order valence-electron chi connectivity index (χ1n) is 3.03. The Morgan fingerprint density at radius 1 is 1.21 bits per heavy atom. The standard InChI is InChI=1S/C6H5Cl2NO3S.Na/c7-3-1-5(9)6(2-4(3)8)13(10,11)12;/h1-2H,9H2,(H,10,11,12);/q;+1/p-1. The van der Waals surface area contributed by atoms with Crippen LogP contribution in [-0.4, -0.2) is 13.0 Å². The zero-order chi connectivity index (χ0) is 10.2. The molecule has 4 nitrogen and oxygen atoms in total. The maximum absolute atomic E-state index is 10.6. The SMILES string of the molecule is Nc1cc(Cl)c(Cl)cc1S(=O)(=O)[O-].[Na+]. The molecule has 0 radical (unpaired) electrons. The Bertz CT molecular complexity index is 449. The molecule has 8 heteroatoms. The van der Waals surface area contributed by atoms with Gasteiger partial charge in [-0.1, -0.05) is 23.2 Å². The number of nitrogen functional groups attached to an aromatic ring is 1.